The molecular formula is C19H12Cl3F3N4O3. The van der Waals surface area contributed by atoms with E-state index in [4.69, 9.17) is 44.1 Å². The van der Waals surface area contributed by atoms with Crippen LogP contribution in [0.1, 0.15) is 12.5 Å². The highest BCUT2D eigenvalue weighted by molar-refractivity contribution is 6.36. The van der Waals surface area contributed by atoms with Crippen molar-refractivity contribution >= 4 is 40.4 Å². The molecule has 0 aliphatic rings. The van der Waals surface area contributed by atoms with E-state index in [-0.39, 0.29) is 50.5 Å². The largest absolute Gasteiger partial charge is 0.489 e. The van der Waals surface area contributed by atoms with Gasteiger partial charge in [-0.05, 0) is 19.1 Å². The van der Waals surface area contributed by atoms with E-state index < -0.39 is 17.8 Å². The van der Waals surface area contributed by atoms with Crippen LogP contribution in [0.15, 0.2) is 35.1 Å². The summed E-state index contributed by atoms with van der Waals surface area (Å²) >= 11 is 18.5. The minimum Gasteiger partial charge on any atom is -0.489 e. The second kappa shape index (κ2) is 8.43. The third-order valence-corrected chi connectivity index (χ3v) is 5.11. The number of alkyl halides is 3. The van der Waals surface area contributed by atoms with Crippen LogP contribution in [0.3, 0.4) is 0 Å². The Kier molecular flexibility index (Phi) is 5.97. The van der Waals surface area contributed by atoms with Crippen LogP contribution >= 0.6 is 34.8 Å². The summed E-state index contributed by atoms with van der Waals surface area (Å²) in [6.07, 6.45) is -3.12. The molecule has 0 amide bonds. The van der Waals surface area contributed by atoms with Crippen molar-refractivity contribution in [2.24, 2.45) is 0 Å². The molecule has 0 unspecified atom stereocenters. The van der Waals surface area contributed by atoms with Gasteiger partial charge in [-0.15, -0.1) is 0 Å². The van der Waals surface area contributed by atoms with Gasteiger partial charge in [-0.25, -0.2) is 4.98 Å². The summed E-state index contributed by atoms with van der Waals surface area (Å²) < 4.78 is 50.8. The van der Waals surface area contributed by atoms with Gasteiger partial charge in [0.15, 0.2) is 5.65 Å². The number of fused-ring (bicyclic) bond motifs is 1. The normalized spacial score (nSPS) is 13.0. The zero-order valence-corrected chi connectivity index (χ0v) is 18.3. The van der Waals surface area contributed by atoms with Crippen LogP contribution in [0.2, 0.25) is 15.1 Å². The van der Waals surface area contributed by atoms with Crippen molar-refractivity contribution in [1.82, 2.24) is 19.5 Å². The maximum atomic E-state index is 13.0. The van der Waals surface area contributed by atoms with Crippen molar-refractivity contribution in [3.05, 3.63) is 51.2 Å². The molecule has 0 bridgehead atoms. The van der Waals surface area contributed by atoms with E-state index >= 15 is 0 Å². The first kappa shape index (κ1) is 22.7. The van der Waals surface area contributed by atoms with E-state index in [0.717, 1.165) is 16.7 Å². The van der Waals surface area contributed by atoms with Gasteiger partial charge < -0.3 is 18.8 Å². The molecule has 0 spiro atoms. The van der Waals surface area contributed by atoms with Crippen LogP contribution in [-0.2, 0) is 6.18 Å². The van der Waals surface area contributed by atoms with Crippen molar-refractivity contribution in [2.45, 2.75) is 19.2 Å². The number of imidazole rings is 1. The van der Waals surface area contributed by atoms with Crippen LogP contribution in [-0.4, -0.2) is 37.3 Å². The summed E-state index contributed by atoms with van der Waals surface area (Å²) in [6, 6.07) is 3.70. The van der Waals surface area contributed by atoms with E-state index in [1.54, 1.807) is 6.92 Å². The van der Waals surface area contributed by atoms with Gasteiger partial charge in [0.05, 0.1) is 26.7 Å². The first-order chi connectivity index (χ1) is 15.0. The number of halogens is 6. The molecule has 3 aromatic heterocycles. The molecule has 0 fully saturated rings. The SMILES string of the molecule is C[C@H](O)COc1cc(Cl)c(-c2noc(-c3cn4cc(C(F)(F)F)cc(Cl)c4n3)n2)cc1Cl. The summed E-state index contributed by atoms with van der Waals surface area (Å²) in [7, 11) is 0. The standard InChI is InChI=1S/C19H12Cl3F3N4O3/c1-8(30)7-31-15-4-11(20)10(3-12(15)21)16-27-18(32-28-16)14-6-29-5-9(19(23,24)25)2-13(22)17(29)26-14/h2-6,8,30H,7H2,1H3/t8-/m0/s1. The monoisotopic (exact) mass is 506 g/mol. The van der Waals surface area contributed by atoms with Gasteiger partial charge in [0.2, 0.25) is 5.82 Å². The molecule has 0 aliphatic carbocycles. The Hall–Kier alpha value is -2.53. The highest BCUT2D eigenvalue weighted by atomic mass is 35.5. The third-order valence-electron chi connectivity index (χ3n) is 4.22. The minimum atomic E-state index is -4.57. The lowest BCUT2D eigenvalue weighted by atomic mass is 10.2. The Morgan fingerprint density at radius 3 is 2.53 bits per heavy atom. The molecule has 4 aromatic rings. The fourth-order valence-corrected chi connectivity index (χ4v) is 3.49. The Balaban J connectivity index is 1.68. The third kappa shape index (κ3) is 4.49. The molecule has 0 aliphatic heterocycles. The number of benzene rings is 1. The summed E-state index contributed by atoms with van der Waals surface area (Å²) in [4.78, 5) is 8.38. The number of nitrogens with zero attached hydrogens (tertiary/aromatic N) is 4. The van der Waals surface area contributed by atoms with Gasteiger partial charge in [-0.1, -0.05) is 40.0 Å². The number of hydrogen-bond donors (Lipinski definition) is 1. The minimum absolute atomic E-state index is 0.0221. The van der Waals surface area contributed by atoms with Gasteiger partial charge in [-0.2, -0.15) is 18.2 Å². The Labute approximate surface area is 193 Å². The quantitative estimate of drug-likeness (QED) is 0.368. The molecular weight excluding hydrogens is 496 g/mol. The number of rotatable bonds is 5. The zero-order chi connectivity index (χ0) is 23.2. The second-order valence-electron chi connectivity index (χ2n) is 6.78. The molecule has 13 heteroatoms. The summed E-state index contributed by atoms with van der Waals surface area (Å²) in [5.41, 5.74) is -0.388. The topological polar surface area (TPSA) is 85.7 Å². The van der Waals surface area contributed by atoms with Crippen LogP contribution in [0.4, 0.5) is 13.2 Å². The highest BCUT2D eigenvalue weighted by Gasteiger charge is 2.32. The number of hydrogen-bond acceptors (Lipinski definition) is 6. The van der Waals surface area contributed by atoms with E-state index in [1.165, 1.54) is 18.3 Å². The Morgan fingerprint density at radius 2 is 1.84 bits per heavy atom. The number of aromatic nitrogens is 4. The van der Waals surface area contributed by atoms with E-state index in [9.17, 15) is 18.3 Å². The van der Waals surface area contributed by atoms with E-state index in [0.29, 0.717) is 5.56 Å². The average Bonchev–Trinajstić information content (AvgIpc) is 3.34. The van der Waals surface area contributed by atoms with Crippen molar-refractivity contribution in [3.8, 4) is 28.7 Å². The van der Waals surface area contributed by atoms with Gasteiger partial charge >= 0.3 is 6.18 Å². The molecule has 1 N–H and O–H groups in total. The Morgan fingerprint density at radius 1 is 1.09 bits per heavy atom. The molecule has 7 nitrogen and oxygen atoms in total. The summed E-state index contributed by atoms with van der Waals surface area (Å²) in [5, 5.41) is 13.4. The molecule has 0 radical (unpaired) electrons. The van der Waals surface area contributed by atoms with Gasteiger partial charge in [0.1, 0.15) is 18.1 Å². The predicted octanol–water partition coefficient (Wildman–Crippen LogP) is 5.79. The smallest absolute Gasteiger partial charge is 0.417 e. The lowest BCUT2D eigenvalue weighted by Gasteiger charge is -2.11. The lowest BCUT2D eigenvalue weighted by molar-refractivity contribution is -0.137. The first-order valence-corrected chi connectivity index (χ1v) is 10.1. The van der Waals surface area contributed by atoms with E-state index in [1.807, 2.05) is 0 Å². The highest BCUT2D eigenvalue weighted by Crippen LogP contribution is 2.37. The van der Waals surface area contributed by atoms with Crippen molar-refractivity contribution < 1.29 is 27.5 Å². The van der Waals surface area contributed by atoms with E-state index in [2.05, 4.69) is 15.1 Å². The average molecular weight is 508 g/mol. The van der Waals surface area contributed by atoms with Gasteiger partial charge in [0.25, 0.3) is 5.89 Å². The molecule has 1 atom stereocenters. The van der Waals surface area contributed by atoms with Crippen LogP contribution in [0, 0.1) is 0 Å². The molecule has 32 heavy (non-hydrogen) atoms. The summed E-state index contributed by atoms with van der Waals surface area (Å²) in [5.74, 6) is 0.281. The Bertz CT molecular complexity index is 1300. The van der Waals surface area contributed by atoms with Crippen LogP contribution < -0.4 is 4.74 Å². The van der Waals surface area contributed by atoms with Gasteiger partial charge in [-0.3, -0.25) is 0 Å². The zero-order valence-electron chi connectivity index (χ0n) is 16.0. The fraction of sp³-hybridized carbons (Fsp3) is 0.211. The molecule has 0 saturated heterocycles. The van der Waals surface area contributed by atoms with Crippen LogP contribution in [0.25, 0.3) is 28.6 Å². The molecule has 1 aromatic carbocycles. The lowest BCUT2D eigenvalue weighted by Crippen LogP contribution is -2.12. The fourth-order valence-electron chi connectivity index (χ4n) is 2.77. The summed E-state index contributed by atoms with van der Waals surface area (Å²) in [6.45, 7) is 1.58. The first-order valence-electron chi connectivity index (χ1n) is 8.92. The predicted molar refractivity (Wildman–Crippen MR) is 111 cm³/mol. The maximum absolute atomic E-state index is 13.0. The number of aliphatic hydroxyl groups is 1. The molecule has 168 valence electrons. The van der Waals surface area contributed by atoms with Crippen molar-refractivity contribution in [3.63, 3.8) is 0 Å². The van der Waals surface area contributed by atoms with Gasteiger partial charge in [0, 0.05) is 24.0 Å². The van der Waals surface area contributed by atoms with Crippen molar-refractivity contribution in [1.29, 1.82) is 0 Å². The molecule has 4 rings (SSSR count). The number of pyridine rings is 1. The van der Waals surface area contributed by atoms with Crippen molar-refractivity contribution in [2.75, 3.05) is 6.61 Å². The maximum Gasteiger partial charge on any atom is 0.417 e. The number of aliphatic hydroxyl groups excluding tert-OH is 1. The molecule has 0 saturated carbocycles. The number of ether oxygens (including phenoxy) is 1. The second-order valence-corrected chi connectivity index (χ2v) is 8.00. The van der Waals surface area contributed by atoms with Crippen LogP contribution in [0.5, 0.6) is 5.75 Å². The molecule has 3 heterocycles.